The summed E-state index contributed by atoms with van der Waals surface area (Å²) >= 11 is 1.51. The lowest BCUT2D eigenvalue weighted by atomic mass is 10.1. The summed E-state index contributed by atoms with van der Waals surface area (Å²) in [6.45, 7) is 6.47. The summed E-state index contributed by atoms with van der Waals surface area (Å²) in [4.78, 5) is 5.37. The summed E-state index contributed by atoms with van der Waals surface area (Å²) in [6, 6.07) is 3.81. The predicted molar refractivity (Wildman–Crippen MR) is 118 cm³/mol. The maximum atomic E-state index is 11.6. The highest BCUT2D eigenvalue weighted by molar-refractivity contribution is 14.0. The highest BCUT2D eigenvalue weighted by atomic mass is 127. The van der Waals surface area contributed by atoms with E-state index in [1.165, 1.54) is 21.9 Å². The lowest BCUT2D eigenvalue weighted by Crippen LogP contribution is -2.41. The molecule has 1 aliphatic rings. The standard InChI is InChI=1S/C16H28N4O3S2.HI/c1-4-17-15(19-12-16(2,21)14-6-5-9-24-14)18-10-13-7-8-20(11-13)25(3,22)23;/h5-6,9,13,21H,4,7-8,10-12H2,1-3H3,(H2,17,18,19);1H. The zero-order valence-corrected chi connectivity index (χ0v) is 19.4. The Morgan fingerprint density at radius 1 is 1.50 bits per heavy atom. The third kappa shape index (κ3) is 6.95. The fraction of sp³-hybridized carbons (Fsp3) is 0.688. The molecule has 3 N–H and O–H groups in total. The van der Waals surface area contributed by atoms with Gasteiger partial charge in [-0.25, -0.2) is 17.7 Å². The molecule has 10 heteroatoms. The SMILES string of the molecule is CCNC(=NCC(C)(O)c1cccs1)NCC1CCN(S(C)(=O)=O)C1.I. The van der Waals surface area contributed by atoms with E-state index in [4.69, 9.17) is 0 Å². The number of rotatable bonds is 7. The van der Waals surface area contributed by atoms with Gasteiger partial charge in [-0.05, 0) is 37.6 Å². The van der Waals surface area contributed by atoms with Crippen LogP contribution in [0.1, 0.15) is 25.1 Å². The number of halogens is 1. The first-order chi connectivity index (χ1) is 11.7. The summed E-state index contributed by atoms with van der Waals surface area (Å²) < 4.78 is 24.7. The van der Waals surface area contributed by atoms with Crippen LogP contribution in [0.3, 0.4) is 0 Å². The molecule has 1 aromatic rings. The lowest BCUT2D eigenvalue weighted by molar-refractivity contribution is 0.0711. The van der Waals surface area contributed by atoms with Crippen LogP contribution in [0.25, 0.3) is 0 Å². The van der Waals surface area contributed by atoms with Crippen LogP contribution in [0, 0.1) is 5.92 Å². The zero-order chi connectivity index (χ0) is 18.5. The number of hydrogen-bond acceptors (Lipinski definition) is 5. The van der Waals surface area contributed by atoms with Crippen molar-refractivity contribution in [1.29, 1.82) is 0 Å². The molecule has 7 nitrogen and oxygen atoms in total. The van der Waals surface area contributed by atoms with Crippen LogP contribution >= 0.6 is 35.3 Å². The van der Waals surface area contributed by atoms with E-state index in [2.05, 4.69) is 15.6 Å². The van der Waals surface area contributed by atoms with Gasteiger partial charge in [0, 0.05) is 31.1 Å². The second-order valence-electron chi connectivity index (χ2n) is 6.60. The summed E-state index contributed by atoms with van der Waals surface area (Å²) in [5.41, 5.74) is -1.00. The molecule has 150 valence electrons. The molecule has 2 atom stereocenters. The molecule has 0 spiro atoms. The Morgan fingerprint density at radius 3 is 2.77 bits per heavy atom. The second kappa shape index (κ2) is 10.2. The van der Waals surface area contributed by atoms with Crippen LogP contribution in [0.15, 0.2) is 22.5 Å². The molecule has 0 radical (unpaired) electrons. The number of aliphatic imine (C=N–C) groups is 1. The van der Waals surface area contributed by atoms with Gasteiger partial charge in [-0.1, -0.05) is 6.07 Å². The number of sulfonamides is 1. The van der Waals surface area contributed by atoms with Crippen molar-refractivity contribution in [3.8, 4) is 0 Å². The number of nitrogens with one attached hydrogen (secondary N) is 2. The Labute approximate surface area is 177 Å². The van der Waals surface area contributed by atoms with E-state index in [9.17, 15) is 13.5 Å². The third-order valence-corrected chi connectivity index (χ3v) is 6.61. The summed E-state index contributed by atoms with van der Waals surface area (Å²) in [6.07, 6.45) is 2.09. The zero-order valence-electron chi connectivity index (χ0n) is 15.4. The summed E-state index contributed by atoms with van der Waals surface area (Å²) in [7, 11) is -3.11. The molecule has 1 aromatic heterocycles. The molecule has 26 heavy (non-hydrogen) atoms. The van der Waals surface area contributed by atoms with Crippen molar-refractivity contribution in [2.24, 2.45) is 10.9 Å². The van der Waals surface area contributed by atoms with E-state index in [0.717, 1.165) is 11.3 Å². The molecule has 2 heterocycles. The van der Waals surface area contributed by atoms with E-state index < -0.39 is 15.6 Å². The van der Waals surface area contributed by atoms with Gasteiger partial charge in [0.2, 0.25) is 10.0 Å². The predicted octanol–water partition coefficient (Wildman–Crippen LogP) is 1.41. The minimum Gasteiger partial charge on any atom is -0.383 e. The van der Waals surface area contributed by atoms with E-state index in [1.54, 1.807) is 6.92 Å². The summed E-state index contributed by atoms with van der Waals surface area (Å²) in [5, 5.41) is 18.9. The fourth-order valence-electron chi connectivity index (χ4n) is 2.74. The van der Waals surface area contributed by atoms with E-state index in [0.29, 0.717) is 32.1 Å². The average Bonchev–Trinajstić information content (AvgIpc) is 3.20. The molecular formula is C16H29IN4O3S2. The van der Waals surface area contributed by atoms with E-state index in [1.807, 2.05) is 24.4 Å². The number of aliphatic hydroxyl groups is 1. The number of thiophene rings is 1. The van der Waals surface area contributed by atoms with Gasteiger partial charge in [0.05, 0.1) is 12.8 Å². The average molecular weight is 516 g/mol. The van der Waals surface area contributed by atoms with Crippen molar-refractivity contribution in [1.82, 2.24) is 14.9 Å². The van der Waals surface area contributed by atoms with Crippen molar-refractivity contribution >= 4 is 51.3 Å². The first kappa shape index (κ1) is 23.6. The first-order valence-corrected chi connectivity index (χ1v) is 11.2. The minimum absolute atomic E-state index is 0. The number of guanidine groups is 1. The normalized spacial score (nSPS) is 21.1. The van der Waals surface area contributed by atoms with Gasteiger partial charge in [-0.3, -0.25) is 0 Å². The van der Waals surface area contributed by atoms with Gasteiger partial charge in [0.25, 0.3) is 0 Å². The highest BCUT2D eigenvalue weighted by Crippen LogP contribution is 2.25. The van der Waals surface area contributed by atoms with Gasteiger partial charge < -0.3 is 15.7 Å². The number of hydrogen-bond donors (Lipinski definition) is 3. The molecule has 0 saturated carbocycles. The Balaban J connectivity index is 0.00000338. The van der Waals surface area contributed by atoms with Crippen molar-refractivity contribution < 1.29 is 13.5 Å². The monoisotopic (exact) mass is 516 g/mol. The van der Waals surface area contributed by atoms with Crippen LogP contribution in [0.2, 0.25) is 0 Å². The van der Waals surface area contributed by atoms with Crippen LogP contribution in [-0.4, -0.2) is 62.8 Å². The molecule has 0 bridgehead atoms. The minimum atomic E-state index is -3.11. The molecule has 0 aliphatic carbocycles. The van der Waals surface area contributed by atoms with Crippen LogP contribution < -0.4 is 10.6 Å². The van der Waals surface area contributed by atoms with Gasteiger partial charge >= 0.3 is 0 Å². The smallest absolute Gasteiger partial charge is 0.211 e. The van der Waals surface area contributed by atoms with Crippen molar-refractivity contribution in [2.45, 2.75) is 25.9 Å². The van der Waals surface area contributed by atoms with E-state index >= 15 is 0 Å². The topological polar surface area (TPSA) is 94.0 Å². The molecule has 1 aliphatic heterocycles. The van der Waals surface area contributed by atoms with Gasteiger partial charge in [0.15, 0.2) is 5.96 Å². The van der Waals surface area contributed by atoms with Gasteiger partial charge in [0.1, 0.15) is 5.60 Å². The quantitative estimate of drug-likeness (QED) is 0.290. The lowest BCUT2D eigenvalue weighted by Gasteiger charge is -2.21. The molecule has 1 fully saturated rings. The van der Waals surface area contributed by atoms with Gasteiger partial charge in [-0.15, -0.1) is 35.3 Å². The van der Waals surface area contributed by atoms with E-state index in [-0.39, 0.29) is 36.4 Å². The van der Waals surface area contributed by atoms with Crippen LogP contribution in [0.4, 0.5) is 0 Å². The molecule has 0 aromatic carbocycles. The second-order valence-corrected chi connectivity index (χ2v) is 9.53. The molecule has 1 saturated heterocycles. The first-order valence-electron chi connectivity index (χ1n) is 8.46. The Hall–Kier alpha value is -0.430. The Morgan fingerprint density at radius 2 is 2.23 bits per heavy atom. The largest absolute Gasteiger partial charge is 0.383 e. The van der Waals surface area contributed by atoms with Crippen molar-refractivity contribution in [3.63, 3.8) is 0 Å². The van der Waals surface area contributed by atoms with Crippen molar-refractivity contribution in [3.05, 3.63) is 22.4 Å². The molecule has 0 amide bonds. The maximum absolute atomic E-state index is 11.6. The van der Waals surface area contributed by atoms with Gasteiger partial charge in [-0.2, -0.15) is 0 Å². The molecule has 2 unspecified atom stereocenters. The molecule has 2 rings (SSSR count). The van der Waals surface area contributed by atoms with Crippen molar-refractivity contribution in [2.75, 3.05) is 39.0 Å². The Kier molecular flexibility index (Phi) is 9.27. The maximum Gasteiger partial charge on any atom is 0.211 e. The van der Waals surface area contributed by atoms with Crippen LogP contribution in [0.5, 0.6) is 0 Å². The highest BCUT2D eigenvalue weighted by Gasteiger charge is 2.28. The third-order valence-electron chi connectivity index (χ3n) is 4.22. The number of nitrogens with zero attached hydrogens (tertiary/aromatic N) is 2. The summed E-state index contributed by atoms with van der Waals surface area (Å²) in [5.74, 6) is 0.897. The Bertz CT molecular complexity index is 678. The van der Waals surface area contributed by atoms with Crippen LogP contribution in [-0.2, 0) is 15.6 Å². The molecular weight excluding hydrogens is 487 g/mol. The fourth-order valence-corrected chi connectivity index (χ4v) is 4.44.